The van der Waals surface area contributed by atoms with E-state index in [1.807, 2.05) is 0 Å². The molecular weight excluding hydrogens is 236 g/mol. The first-order valence-corrected chi connectivity index (χ1v) is 6.05. The Morgan fingerprint density at radius 1 is 1.22 bits per heavy atom. The molecule has 2 N–H and O–H groups in total. The molecule has 1 saturated heterocycles. The molecule has 0 aromatic carbocycles. The molecule has 18 heavy (non-hydrogen) atoms. The van der Waals surface area contributed by atoms with Gasteiger partial charge < -0.3 is 9.47 Å². The third kappa shape index (κ3) is 3.96. The van der Waals surface area contributed by atoms with Gasteiger partial charge in [0.2, 0.25) is 0 Å². The Hall–Kier alpha value is -1.14. The van der Waals surface area contributed by atoms with Crippen molar-refractivity contribution in [1.82, 2.24) is 5.01 Å². The number of hydrazine groups is 1. The molecule has 1 aliphatic rings. The van der Waals surface area contributed by atoms with Crippen molar-refractivity contribution in [1.29, 1.82) is 0 Å². The first-order chi connectivity index (χ1) is 8.24. The number of esters is 2. The minimum absolute atomic E-state index is 0.316. The van der Waals surface area contributed by atoms with Gasteiger partial charge in [-0.3, -0.25) is 15.4 Å². The second-order valence-electron chi connectivity index (χ2n) is 5.55. The molecule has 0 amide bonds. The molecule has 0 spiro atoms. The molecule has 104 valence electrons. The van der Waals surface area contributed by atoms with Gasteiger partial charge in [0.05, 0.1) is 18.9 Å². The normalized spacial score (nSPS) is 25.6. The summed E-state index contributed by atoms with van der Waals surface area (Å²) in [5.41, 5.74) is -0.558. The zero-order chi connectivity index (χ0) is 13.9. The maximum Gasteiger partial charge on any atom is 0.310 e. The monoisotopic (exact) mass is 258 g/mol. The van der Waals surface area contributed by atoms with Crippen molar-refractivity contribution in [2.24, 2.45) is 17.7 Å². The summed E-state index contributed by atoms with van der Waals surface area (Å²) >= 11 is 0. The first kappa shape index (κ1) is 14.9. The number of piperidine rings is 1. The van der Waals surface area contributed by atoms with Gasteiger partial charge in [0.15, 0.2) is 0 Å². The van der Waals surface area contributed by atoms with E-state index in [-0.39, 0.29) is 5.97 Å². The van der Waals surface area contributed by atoms with Gasteiger partial charge in [0.25, 0.3) is 0 Å². The van der Waals surface area contributed by atoms with Crippen molar-refractivity contribution in [3.05, 3.63) is 0 Å². The van der Waals surface area contributed by atoms with E-state index in [0.717, 1.165) is 0 Å². The molecule has 6 nitrogen and oxygen atoms in total. The van der Waals surface area contributed by atoms with Crippen molar-refractivity contribution in [2.45, 2.75) is 32.8 Å². The SMILES string of the molecule is COC(=O)[C@@H]1CN(N)CC[C@@H]1C(=O)OC(C)(C)C. The number of hydrogen-bond donors (Lipinski definition) is 1. The number of methoxy groups -OCH3 is 1. The molecule has 0 saturated carbocycles. The Kier molecular flexibility index (Phi) is 4.70. The van der Waals surface area contributed by atoms with Crippen LogP contribution in [0.5, 0.6) is 0 Å². The van der Waals surface area contributed by atoms with E-state index in [9.17, 15) is 9.59 Å². The summed E-state index contributed by atoms with van der Waals surface area (Å²) in [6, 6.07) is 0. The van der Waals surface area contributed by atoms with Gasteiger partial charge in [-0.1, -0.05) is 0 Å². The maximum absolute atomic E-state index is 12.1. The van der Waals surface area contributed by atoms with Crippen LogP contribution in [0.15, 0.2) is 0 Å². The number of hydrogen-bond acceptors (Lipinski definition) is 6. The Morgan fingerprint density at radius 3 is 2.33 bits per heavy atom. The van der Waals surface area contributed by atoms with E-state index in [4.69, 9.17) is 15.3 Å². The topological polar surface area (TPSA) is 81.9 Å². The average Bonchev–Trinajstić information content (AvgIpc) is 2.25. The highest BCUT2D eigenvalue weighted by molar-refractivity contribution is 5.82. The number of nitrogens with two attached hydrogens (primary N) is 1. The predicted octanol–water partition coefficient (Wildman–Crippen LogP) is 0.313. The van der Waals surface area contributed by atoms with E-state index in [1.54, 1.807) is 20.8 Å². The Morgan fingerprint density at radius 2 is 1.83 bits per heavy atom. The average molecular weight is 258 g/mol. The summed E-state index contributed by atoms with van der Waals surface area (Å²) in [5, 5.41) is 1.53. The lowest BCUT2D eigenvalue weighted by Crippen LogP contribution is -2.50. The summed E-state index contributed by atoms with van der Waals surface area (Å²) < 4.78 is 10.1. The van der Waals surface area contributed by atoms with Gasteiger partial charge in [-0.15, -0.1) is 0 Å². The fourth-order valence-corrected chi connectivity index (χ4v) is 2.03. The Labute approximate surface area is 107 Å². The highest BCUT2D eigenvalue weighted by atomic mass is 16.6. The van der Waals surface area contributed by atoms with E-state index in [2.05, 4.69) is 0 Å². The number of nitrogens with zero attached hydrogens (tertiary/aromatic N) is 1. The first-order valence-electron chi connectivity index (χ1n) is 6.05. The van der Waals surface area contributed by atoms with Crippen molar-refractivity contribution in [3.63, 3.8) is 0 Å². The van der Waals surface area contributed by atoms with Crippen LogP contribution in [0.1, 0.15) is 27.2 Å². The van der Waals surface area contributed by atoms with Crippen molar-refractivity contribution >= 4 is 11.9 Å². The van der Waals surface area contributed by atoms with Gasteiger partial charge in [-0.25, -0.2) is 5.01 Å². The minimum Gasteiger partial charge on any atom is -0.469 e. The second kappa shape index (κ2) is 5.67. The number of carbonyl (C=O) groups is 2. The Balaban J connectivity index is 2.77. The molecule has 0 aliphatic carbocycles. The lowest BCUT2D eigenvalue weighted by Gasteiger charge is -2.34. The lowest BCUT2D eigenvalue weighted by molar-refractivity contribution is -0.170. The summed E-state index contributed by atoms with van der Waals surface area (Å²) in [5.74, 6) is 3.88. The van der Waals surface area contributed by atoms with Crippen LogP contribution < -0.4 is 5.84 Å². The standard InChI is InChI=1S/C12H22N2O4/c1-12(2,3)18-11(16)8-5-6-14(13)7-9(8)10(15)17-4/h8-9H,5-7,13H2,1-4H3/t8-,9+/m0/s1. The smallest absolute Gasteiger partial charge is 0.310 e. The van der Waals surface area contributed by atoms with Crippen LogP contribution in [0.4, 0.5) is 0 Å². The van der Waals surface area contributed by atoms with Crippen LogP contribution >= 0.6 is 0 Å². The fraction of sp³-hybridized carbons (Fsp3) is 0.833. The molecule has 1 aliphatic heterocycles. The van der Waals surface area contributed by atoms with Crippen LogP contribution in [0.3, 0.4) is 0 Å². The van der Waals surface area contributed by atoms with Gasteiger partial charge in [0, 0.05) is 13.1 Å². The fourth-order valence-electron chi connectivity index (χ4n) is 2.03. The van der Waals surface area contributed by atoms with E-state index < -0.39 is 23.4 Å². The number of ether oxygens (including phenoxy) is 2. The van der Waals surface area contributed by atoms with Crippen molar-refractivity contribution in [3.8, 4) is 0 Å². The molecule has 0 aromatic heterocycles. The van der Waals surface area contributed by atoms with Gasteiger partial charge >= 0.3 is 11.9 Å². The largest absolute Gasteiger partial charge is 0.469 e. The molecule has 0 aromatic rings. The van der Waals surface area contributed by atoms with E-state index >= 15 is 0 Å². The molecule has 0 bridgehead atoms. The van der Waals surface area contributed by atoms with Gasteiger partial charge in [-0.05, 0) is 27.2 Å². The highest BCUT2D eigenvalue weighted by Gasteiger charge is 2.40. The van der Waals surface area contributed by atoms with Crippen LogP contribution in [-0.2, 0) is 19.1 Å². The van der Waals surface area contributed by atoms with Gasteiger partial charge in [-0.2, -0.15) is 0 Å². The van der Waals surface area contributed by atoms with E-state index in [1.165, 1.54) is 12.1 Å². The zero-order valence-electron chi connectivity index (χ0n) is 11.4. The van der Waals surface area contributed by atoms with Crippen LogP contribution in [0.2, 0.25) is 0 Å². The maximum atomic E-state index is 12.1. The molecule has 6 heteroatoms. The van der Waals surface area contributed by atoms with Gasteiger partial charge in [0.1, 0.15) is 5.60 Å². The zero-order valence-corrected chi connectivity index (χ0v) is 11.4. The van der Waals surface area contributed by atoms with E-state index in [0.29, 0.717) is 19.5 Å². The summed E-state index contributed by atoms with van der Waals surface area (Å²) in [6.07, 6.45) is 0.505. The quantitative estimate of drug-likeness (QED) is 0.567. The predicted molar refractivity (Wildman–Crippen MR) is 65.2 cm³/mol. The molecule has 1 fully saturated rings. The lowest BCUT2D eigenvalue weighted by atomic mass is 9.86. The van der Waals surface area contributed by atoms with Crippen LogP contribution in [0, 0.1) is 11.8 Å². The van der Waals surface area contributed by atoms with Crippen LogP contribution in [-0.4, -0.2) is 42.7 Å². The highest BCUT2D eigenvalue weighted by Crippen LogP contribution is 2.26. The molecule has 2 atom stereocenters. The Bertz CT molecular complexity index is 325. The second-order valence-corrected chi connectivity index (χ2v) is 5.55. The number of rotatable bonds is 2. The molecular formula is C12H22N2O4. The minimum atomic E-state index is -0.558. The number of carbonyl (C=O) groups excluding carboxylic acids is 2. The van der Waals surface area contributed by atoms with Crippen LogP contribution in [0.25, 0.3) is 0 Å². The molecule has 1 rings (SSSR count). The third-order valence-electron chi connectivity index (χ3n) is 2.86. The molecule has 0 unspecified atom stereocenters. The summed E-state index contributed by atoms with van der Waals surface area (Å²) in [7, 11) is 1.31. The third-order valence-corrected chi connectivity index (χ3v) is 2.86. The molecule has 1 heterocycles. The van der Waals surface area contributed by atoms with Crippen molar-refractivity contribution < 1.29 is 19.1 Å². The summed E-state index contributed by atoms with van der Waals surface area (Å²) in [4.78, 5) is 23.7. The summed E-state index contributed by atoms with van der Waals surface area (Å²) in [6.45, 7) is 6.29. The van der Waals surface area contributed by atoms with Crippen molar-refractivity contribution in [2.75, 3.05) is 20.2 Å². The molecule has 0 radical (unpaired) electrons.